The molecule has 0 saturated heterocycles. The molecule has 5 heteroatoms. The van der Waals surface area contributed by atoms with Crippen LogP contribution in [0.3, 0.4) is 0 Å². The van der Waals surface area contributed by atoms with E-state index in [0.717, 1.165) is 12.1 Å². The number of hydrogen-bond donors (Lipinski definition) is 0. The molecular formula is C12H7F2NO2. The second-order valence-electron chi connectivity index (χ2n) is 3.38. The van der Waals surface area contributed by atoms with Crippen LogP contribution in [0.4, 0.5) is 14.5 Å². The van der Waals surface area contributed by atoms with E-state index in [1.54, 1.807) is 18.2 Å². The largest absolute Gasteiger partial charge is 0.305 e. The van der Waals surface area contributed by atoms with Gasteiger partial charge in [0.05, 0.1) is 10.5 Å². The van der Waals surface area contributed by atoms with E-state index in [0.29, 0.717) is 0 Å². The smallest absolute Gasteiger partial charge is 0.258 e. The second kappa shape index (κ2) is 4.29. The van der Waals surface area contributed by atoms with Crippen molar-refractivity contribution in [2.45, 2.75) is 0 Å². The molecule has 0 spiro atoms. The molecular weight excluding hydrogens is 228 g/mol. The summed E-state index contributed by atoms with van der Waals surface area (Å²) in [4.78, 5) is 9.69. The monoisotopic (exact) mass is 235 g/mol. The topological polar surface area (TPSA) is 43.1 Å². The molecule has 0 N–H and O–H groups in total. The van der Waals surface area contributed by atoms with Gasteiger partial charge in [-0.25, -0.2) is 4.39 Å². The van der Waals surface area contributed by atoms with Crippen molar-refractivity contribution in [1.82, 2.24) is 0 Å². The summed E-state index contributed by atoms with van der Waals surface area (Å²) < 4.78 is 27.3. The van der Waals surface area contributed by atoms with Crippen LogP contribution in [0.25, 0.3) is 11.1 Å². The minimum atomic E-state index is -1.15. The van der Waals surface area contributed by atoms with Gasteiger partial charge in [-0.3, -0.25) is 10.1 Å². The van der Waals surface area contributed by atoms with Gasteiger partial charge in [-0.15, -0.1) is 0 Å². The summed E-state index contributed by atoms with van der Waals surface area (Å²) >= 11 is 0. The van der Waals surface area contributed by atoms with Crippen molar-refractivity contribution in [3.05, 3.63) is 64.2 Å². The molecule has 0 heterocycles. The molecule has 2 rings (SSSR count). The molecule has 0 aliphatic carbocycles. The summed E-state index contributed by atoms with van der Waals surface area (Å²) in [5.41, 5.74) is -0.837. The molecule has 0 saturated carbocycles. The number of rotatable bonds is 2. The Labute approximate surface area is 95.5 Å². The third-order valence-corrected chi connectivity index (χ3v) is 2.33. The first-order chi connectivity index (χ1) is 8.11. The van der Waals surface area contributed by atoms with Crippen molar-refractivity contribution in [2.24, 2.45) is 0 Å². The summed E-state index contributed by atoms with van der Waals surface area (Å²) in [6.45, 7) is 0. The molecule has 0 atom stereocenters. The van der Waals surface area contributed by atoms with Crippen LogP contribution in [0, 0.1) is 21.7 Å². The Morgan fingerprint density at radius 3 is 2.24 bits per heavy atom. The van der Waals surface area contributed by atoms with Gasteiger partial charge < -0.3 is 0 Å². The van der Waals surface area contributed by atoms with Gasteiger partial charge in [0, 0.05) is 6.07 Å². The Balaban J connectivity index is 2.69. The van der Waals surface area contributed by atoms with E-state index in [-0.39, 0.29) is 11.1 Å². The number of nitro benzene ring substituents is 1. The van der Waals surface area contributed by atoms with Gasteiger partial charge in [-0.1, -0.05) is 30.3 Å². The van der Waals surface area contributed by atoms with Gasteiger partial charge in [0.1, 0.15) is 5.82 Å². The first kappa shape index (κ1) is 11.2. The van der Waals surface area contributed by atoms with Crippen molar-refractivity contribution in [1.29, 1.82) is 0 Å². The molecule has 0 radical (unpaired) electrons. The molecule has 0 aromatic heterocycles. The summed E-state index contributed by atoms with van der Waals surface area (Å²) in [5.74, 6) is -1.97. The van der Waals surface area contributed by atoms with E-state index < -0.39 is 22.2 Å². The Morgan fingerprint density at radius 2 is 1.65 bits per heavy atom. The lowest BCUT2D eigenvalue weighted by Gasteiger charge is -2.05. The lowest BCUT2D eigenvalue weighted by molar-refractivity contribution is -0.387. The maximum atomic E-state index is 13.8. The Kier molecular flexibility index (Phi) is 2.82. The lowest BCUT2D eigenvalue weighted by atomic mass is 10.0. The fourth-order valence-corrected chi connectivity index (χ4v) is 1.55. The summed E-state index contributed by atoms with van der Waals surface area (Å²) in [6, 6.07) is 9.59. The van der Waals surface area contributed by atoms with Gasteiger partial charge in [0.15, 0.2) is 0 Å². The van der Waals surface area contributed by atoms with Crippen LogP contribution in [-0.4, -0.2) is 4.92 Å². The van der Waals surface area contributed by atoms with Crippen LogP contribution < -0.4 is 0 Å². The van der Waals surface area contributed by atoms with E-state index >= 15 is 0 Å². The molecule has 0 fully saturated rings. The highest BCUT2D eigenvalue weighted by Gasteiger charge is 2.22. The van der Waals surface area contributed by atoms with Gasteiger partial charge >= 0.3 is 5.69 Å². The molecule has 0 bridgehead atoms. The zero-order chi connectivity index (χ0) is 12.4. The molecule has 86 valence electrons. The predicted octanol–water partition coefficient (Wildman–Crippen LogP) is 3.54. The number of benzene rings is 2. The van der Waals surface area contributed by atoms with Crippen LogP contribution >= 0.6 is 0 Å². The number of hydrogen-bond acceptors (Lipinski definition) is 2. The summed E-state index contributed by atoms with van der Waals surface area (Å²) in [5, 5.41) is 10.6. The third kappa shape index (κ3) is 1.99. The highest BCUT2D eigenvalue weighted by atomic mass is 19.1. The highest BCUT2D eigenvalue weighted by Crippen LogP contribution is 2.31. The second-order valence-corrected chi connectivity index (χ2v) is 3.38. The maximum absolute atomic E-state index is 13.8. The highest BCUT2D eigenvalue weighted by molar-refractivity contribution is 5.67. The van der Waals surface area contributed by atoms with Crippen LogP contribution in [-0.2, 0) is 0 Å². The quantitative estimate of drug-likeness (QED) is 0.590. The van der Waals surface area contributed by atoms with Gasteiger partial charge in [-0.05, 0) is 11.6 Å². The number of nitrogens with zero attached hydrogens (tertiary/aromatic N) is 1. The molecule has 2 aromatic carbocycles. The van der Waals surface area contributed by atoms with Crippen molar-refractivity contribution in [3.63, 3.8) is 0 Å². The number of halogens is 2. The van der Waals surface area contributed by atoms with Crippen LogP contribution in [0.15, 0.2) is 42.5 Å². The van der Waals surface area contributed by atoms with Gasteiger partial charge in [0.2, 0.25) is 5.82 Å². The predicted molar refractivity (Wildman–Crippen MR) is 58.4 cm³/mol. The molecule has 0 aliphatic rings. The average molecular weight is 235 g/mol. The Hall–Kier alpha value is -2.30. The normalized spacial score (nSPS) is 10.2. The van der Waals surface area contributed by atoms with Crippen molar-refractivity contribution < 1.29 is 13.7 Å². The van der Waals surface area contributed by atoms with Crippen LogP contribution in [0.5, 0.6) is 0 Å². The Morgan fingerprint density at radius 1 is 1.00 bits per heavy atom. The Bertz CT molecular complexity index is 570. The molecule has 17 heavy (non-hydrogen) atoms. The third-order valence-electron chi connectivity index (χ3n) is 2.33. The number of nitro groups is 1. The average Bonchev–Trinajstić information content (AvgIpc) is 2.30. The van der Waals surface area contributed by atoms with Gasteiger partial charge in [0.25, 0.3) is 0 Å². The SMILES string of the molecule is O=[N+]([O-])c1ccc(F)c(-c2ccccc2)c1F. The standard InChI is InChI=1S/C12H7F2NO2/c13-9-6-7-10(15(16)17)12(14)11(9)8-4-2-1-3-5-8/h1-7H. The maximum Gasteiger partial charge on any atom is 0.305 e. The minimum absolute atomic E-state index is 0.270. The minimum Gasteiger partial charge on any atom is -0.258 e. The lowest BCUT2D eigenvalue weighted by Crippen LogP contribution is -1.97. The first-order valence-corrected chi connectivity index (χ1v) is 4.79. The van der Waals surface area contributed by atoms with Crippen molar-refractivity contribution in [2.75, 3.05) is 0 Å². The summed E-state index contributed by atoms with van der Waals surface area (Å²) in [7, 11) is 0. The van der Waals surface area contributed by atoms with Crippen molar-refractivity contribution in [3.8, 4) is 11.1 Å². The fraction of sp³-hybridized carbons (Fsp3) is 0. The van der Waals surface area contributed by atoms with E-state index in [1.165, 1.54) is 12.1 Å². The molecule has 0 unspecified atom stereocenters. The van der Waals surface area contributed by atoms with E-state index in [4.69, 9.17) is 0 Å². The molecule has 2 aromatic rings. The zero-order valence-corrected chi connectivity index (χ0v) is 8.56. The molecule has 3 nitrogen and oxygen atoms in total. The van der Waals surface area contributed by atoms with E-state index in [1.807, 2.05) is 0 Å². The molecule has 0 amide bonds. The first-order valence-electron chi connectivity index (χ1n) is 4.79. The van der Waals surface area contributed by atoms with Crippen molar-refractivity contribution >= 4 is 5.69 Å². The molecule has 0 aliphatic heterocycles. The van der Waals surface area contributed by atoms with E-state index in [2.05, 4.69) is 0 Å². The van der Waals surface area contributed by atoms with Gasteiger partial charge in [-0.2, -0.15) is 4.39 Å². The van der Waals surface area contributed by atoms with Crippen LogP contribution in [0.2, 0.25) is 0 Å². The van der Waals surface area contributed by atoms with Crippen LogP contribution in [0.1, 0.15) is 0 Å². The van der Waals surface area contributed by atoms with E-state index in [9.17, 15) is 18.9 Å². The zero-order valence-electron chi connectivity index (χ0n) is 8.56. The fourth-order valence-electron chi connectivity index (χ4n) is 1.55. The summed E-state index contributed by atoms with van der Waals surface area (Å²) in [6.07, 6.45) is 0.